The van der Waals surface area contributed by atoms with Crippen molar-refractivity contribution in [2.24, 2.45) is 0 Å². The second-order valence-corrected chi connectivity index (χ2v) is 6.72. The van der Waals surface area contributed by atoms with Crippen LogP contribution in [0.5, 0.6) is 5.75 Å². The van der Waals surface area contributed by atoms with E-state index in [1.165, 1.54) is 18.4 Å². The first-order chi connectivity index (χ1) is 10.0. The molecule has 3 heteroatoms. The molecular weight excluding hydrogens is 262 g/mol. The smallest absolute Gasteiger partial charge is 0.119 e. The first kappa shape index (κ1) is 16.3. The standard InChI is InChI=1S/C18H29NO2/c1-4-18(2,3)14-5-9-17(10-6-14)21-12-11-16(13-20)19-15-7-8-15/h5-6,9-10,15-16,19-20H,4,7-8,11-13H2,1-3H3. The molecule has 0 aliphatic heterocycles. The fourth-order valence-electron chi connectivity index (χ4n) is 2.34. The number of hydrogen-bond donors (Lipinski definition) is 2. The van der Waals surface area contributed by atoms with Gasteiger partial charge in [-0.25, -0.2) is 0 Å². The van der Waals surface area contributed by atoms with Crippen LogP contribution in [0.15, 0.2) is 24.3 Å². The van der Waals surface area contributed by atoms with Crippen molar-refractivity contribution >= 4 is 0 Å². The van der Waals surface area contributed by atoms with Gasteiger partial charge in [0.25, 0.3) is 0 Å². The Labute approximate surface area is 128 Å². The number of benzene rings is 1. The van der Waals surface area contributed by atoms with Crippen LogP contribution in [0, 0.1) is 0 Å². The summed E-state index contributed by atoms with van der Waals surface area (Å²) in [5.74, 6) is 0.911. The fourth-order valence-corrected chi connectivity index (χ4v) is 2.34. The highest BCUT2D eigenvalue weighted by Crippen LogP contribution is 2.28. The van der Waals surface area contributed by atoms with Gasteiger partial charge in [0.1, 0.15) is 5.75 Å². The Morgan fingerprint density at radius 3 is 2.48 bits per heavy atom. The molecule has 1 aliphatic rings. The van der Waals surface area contributed by atoms with Gasteiger partial charge in [0.05, 0.1) is 13.2 Å². The largest absolute Gasteiger partial charge is 0.494 e. The van der Waals surface area contributed by atoms with E-state index in [1.807, 2.05) is 0 Å². The number of aliphatic hydroxyl groups is 1. The predicted molar refractivity (Wildman–Crippen MR) is 86.9 cm³/mol. The summed E-state index contributed by atoms with van der Waals surface area (Å²) in [6.45, 7) is 7.56. The first-order valence-electron chi connectivity index (χ1n) is 8.15. The Hall–Kier alpha value is -1.06. The molecule has 118 valence electrons. The topological polar surface area (TPSA) is 41.5 Å². The molecule has 2 N–H and O–H groups in total. The SMILES string of the molecule is CCC(C)(C)c1ccc(OCCC(CO)NC2CC2)cc1. The molecule has 0 bridgehead atoms. The molecule has 0 amide bonds. The van der Waals surface area contributed by atoms with Crippen molar-refractivity contribution in [3.8, 4) is 5.75 Å². The van der Waals surface area contributed by atoms with Gasteiger partial charge >= 0.3 is 0 Å². The molecule has 21 heavy (non-hydrogen) atoms. The van der Waals surface area contributed by atoms with Gasteiger partial charge in [0, 0.05) is 12.1 Å². The summed E-state index contributed by atoms with van der Waals surface area (Å²) in [6.07, 6.45) is 4.45. The van der Waals surface area contributed by atoms with E-state index >= 15 is 0 Å². The van der Waals surface area contributed by atoms with E-state index in [2.05, 4.69) is 50.4 Å². The van der Waals surface area contributed by atoms with E-state index in [0.717, 1.165) is 18.6 Å². The van der Waals surface area contributed by atoms with E-state index in [4.69, 9.17) is 4.74 Å². The van der Waals surface area contributed by atoms with E-state index in [-0.39, 0.29) is 18.1 Å². The number of ether oxygens (including phenoxy) is 1. The minimum Gasteiger partial charge on any atom is -0.494 e. The molecule has 1 unspecified atom stereocenters. The highest BCUT2D eigenvalue weighted by Gasteiger charge is 2.24. The molecule has 0 heterocycles. The van der Waals surface area contributed by atoms with Gasteiger partial charge in [0.2, 0.25) is 0 Å². The molecule has 0 aromatic heterocycles. The summed E-state index contributed by atoms with van der Waals surface area (Å²) in [5.41, 5.74) is 1.57. The van der Waals surface area contributed by atoms with E-state index < -0.39 is 0 Å². The first-order valence-corrected chi connectivity index (χ1v) is 8.15. The number of nitrogens with one attached hydrogen (secondary N) is 1. The lowest BCUT2D eigenvalue weighted by Gasteiger charge is -2.23. The van der Waals surface area contributed by atoms with Crippen LogP contribution in [-0.2, 0) is 5.41 Å². The highest BCUT2D eigenvalue weighted by atomic mass is 16.5. The van der Waals surface area contributed by atoms with Crippen LogP contribution in [0.3, 0.4) is 0 Å². The number of rotatable bonds is 9. The molecule has 2 rings (SSSR count). The second kappa shape index (κ2) is 7.28. The zero-order valence-corrected chi connectivity index (χ0v) is 13.6. The van der Waals surface area contributed by atoms with Gasteiger partial charge < -0.3 is 15.2 Å². The Morgan fingerprint density at radius 1 is 1.29 bits per heavy atom. The van der Waals surface area contributed by atoms with Crippen molar-refractivity contribution in [2.45, 2.75) is 64.0 Å². The monoisotopic (exact) mass is 291 g/mol. The van der Waals surface area contributed by atoms with Crippen molar-refractivity contribution in [3.05, 3.63) is 29.8 Å². The fraction of sp³-hybridized carbons (Fsp3) is 0.667. The van der Waals surface area contributed by atoms with Crippen molar-refractivity contribution in [3.63, 3.8) is 0 Å². The molecule has 0 saturated heterocycles. The summed E-state index contributed by atoms with van der Waals surface area (Å²) >= 11 is 0. The highest BCUT2D eigenvalue weighted by molar-refractivity contribution is 5.31. The second-order valence-electron chi connectivity index (χ2n) is 6.72. The summed E-state index contributed by atoms with van der Waals surface area (Å²) in [5, 5.41) is 12.8. The maximum atomic E-state index is 9.33. The van der Waals surface area contributed by atoms with Crippen LogP contribution in [0.4, 0.5) is 0 Å². The van der Waals surface area contributed by atoms with Crippen LogP contribution in [-0.4, -0.2) is 30.4 Å². The van der Waals surface area contributed by atoms with E-state index in [9.17, 15) is 5.11 Å². The quantitative estimate of drug-likeness (QED) is 0.734. The van der Waals surface area contributed by atoms with Crippen molar-refractivity contribution < 1.29 is 9.84 Å². The Bertz CT molecular complexity index is 423. The van der Waals surface area contributed by atoms with E-state index in [0.29, 0.717) is 12.6 Å². The van der Waals surface area contributed by atoms with Crippen molar-refractivity contribution in [1.29, 1.82) is 0 Å². The third-order valence-electron chi connectivity index (χ3n) is 4.52. The zero-order valence-electron chi connectivity index (χ0n) is 13.6. The summed E-state index contributed by atoms with van der Waals surface area (Å²) in [6, 6.07) is 9.20. The van der Waals surface area contributed by atoms with Gasteiger partial charge in [-0.05, 0) is 48.8 Å². The Balaban J connectivity index is 1.77. The van der Waals surface area contributed by atoms with Gasteiger partial charge in [-0.1, -0.05) is 32.9 Å². The van der Waals surface area contributed by atoms with Crippen LogP contribution in [0.2, 0.25) is 0 Å². The van der Waals surface area contributed by atoms with Crippen molar-refractivity contribution in [2.75, 3.05) is 13.2 Å². The maximum Gasteiger partial charge on any atom is 0.119 e. The lowest BCUT2D eigenvalue weighted by Crippen LogP contribution is -2.35. The molecule has 1 atom stereocenters. The number of aliphatic hydroxyl groups excluding tert-OH is 1. The van der Waals surface area contributed by atoms with Crippen LogP contribution in [0.1, 0.15) is 52.0 Å². The van der Waals surface area contributed by atoms with E-state index in [1.54, 1.807) is 0 Å². The van der Waals surface area contributed by atoms with Crippen LogP contribution < -0.4 is 10.1 Å². The minimum absolute atomic E-state index is 0.163. The van der Waals surface area contributed by atoms with Crippen molar-refractivity contribution in [1.82, 2.24) is 5.32 Å². The molecule has 1 fully saturated rings. The molecule has 0 spiro atoms. The Morgan fingerprint density at radius 2 is 1.95 bits per heavy atom. The van der Waals surface area contributed by atoms with Crippen LogP contribution in [0.25, 0.3) is 0 Å². The van der Waals surface area contributed by atoms with Gasteiger partial charge in [-0.2, -0.15) is 0 Å². The molecular formula is C18H29NO2. The van der Waals surface area contributed by atoms with Gasteiger partial charge in [-0.3, -0.25) is 0 Å². The summed E-state index contributed by atoms with van der Waals surface area (Å²) in [4.78, 5) is 0. The van der Waals surface area contributed by atoms with Crippen LogP contribution >= 0.6 is 0 Å². The van der Waals surface area contributed by atoms with Gasteiger partial charge in [-0.15, -0.1) is 0 Å². The lowest BCUT2D eigenvalue weighted by atomic mass is 9.82. The third-order valence-corrected chi connectivity index (χ3v) is 4.52. The maximum absolute atomic E-state index is 9.33. The molecule has 0 radical (unpaired) electrons. The third kappa shape index (κ3) is 5.01. The normalized spacial score (nSPS) is 16.8. The molecule has 1 aromatic rings. The zero-order chi connectivity index (χ0) is 15.3. The molecule has 1 saturated carbocycles. The average molecular weight is 291 g/mol. The average Bonchev–Trinajstić information content (AvgIpc) is 3.30. The molecule has 1 aliphatic carbocycles. The number of hydrogen-bond acceptors (Lipinski definition) is 3. The lowest BCUT2D eigenvalue weighted by molar-refractivity contribution is 0.207. The minimum atomic E-state index is 0.163. The predicted octanol–water partition coefficient (Wildman–Crippen LogP) is 3.26. The van der Waals surface area contributed by atoms with Gasteiger partial charge in [0.15, 0.2) is 0 Å². The summed E-state index contributed by atoms with van der Waals surface area (Å²) < 4.78 is 5.79. The molecule has 3 nitrogen and oxygen atoms in total. The molecule has 1 aromatic carbocycles. The Kier molecular flexibility index (Phi) is 5.65. The summed E-state index contributed by atoms with van der Waals surface area (Å²) in [7, 11) is 0.